The molecule has 0 amide bonds. The maximum Gasteiger partial charge on any atom is 0.176 e. The van der Waals surface area contributed by atoms with Gasteiger partial charge in [0, 0.05) is 0 Å². The van der Waals surface area contributed by atoms with Crippen molar-refractivity contribution in [1.29, 1.82) is 15.9 Å². The second-order valence-corrected chi connectivity index (χ2v) is 2.11. The largest absolute Gasteiger partial charge is 0.388 e. The minimum Gasteiger partial charge on any atom is -0.388 e. The Balaban J connectivity index is 5.13. The van der Waals surface area contributed by atoms with Gasteiger partial charge in [0.1, 0.15) is 23.7 Å². The number of hydrogen-bond acceptors (Lipinski definition) is 5. The molecule has 0 aromatic rings. The first-order chi connectivity index (χ1) is 6.02. The number of amidine groups is 1. The first-order valence-corrected chi connectivity index (χ1v) is 3.22. The van der Waals surface area contributed by atoms with Gasteiger partial charge in [-0.3, -0.25) is 0 Å². The van der Waals surface area contributed by atoms with E-state index in [4.69, 9.17) is 27.4 Å². The molecule has 0 atom stereocenters. The summed E-state index contributed by atoms with van der Waals surface area (Å²) in [6, 6.07) is 3.17. The van der Waals surface area contributed by atoms with Crippen LogP contribution < -0.4 is 11.5 Å². The summed E-state index contributed by atoms with van der Waals surface area (Å²) in [6.45, 7) is 1.41. The van der Waals surface area contributed by atoms with Gasteiger partial charge in [0.05, 0.1) is 5.71 Å². The summed E-state index contributed by atoms with van der Waals surface area (Å²) >= 11 is 0. The first-order valence-electron chi connectivity index (χ1n) is 3.22. The zero-order valence-corrected chi connectivity index (χ0v) is 7.00. The molecule has 0 saturated carbocycles. The topological polar surface area (TPSA) is 136 Å². The van der Waals surface area contributed by atoms with E-state index in [1.54, 1.807) is 12.1 Å². The van der Waals surface area contributed by atoms with Crippen molar-refractivity contribution in [2.45, 2.75) is 6.92 Å². The maximum absolute atomic E-state index is 8.49. The molecule has 6 nitrogen and oxygen atoms in total. The summed E-state index contributed by atoms with van der Waals surface area (Å²) in [7, 11) is 0. The number of hydrogen-bond donors (Lipinski definition) is 3. The van der Waals surface area contributed by atoms with Crippen LogP contribution >= 0.6 is 0 Å². The van der Waals surface area contributed by atoms with Crippen molar-refractivity contribution in [1.82, 2.24) is 0 Å². The smallest absolute Gasteiger partial charge is 0.176 e. The quantitative estimate of drug-likeness (QED) is 0.299. The van der Waals surface area contributed by atoms with Crippen LogP contribution in [0, 0.1) is 28.1 Å². The minimum atomic E-state index is -0.313. The van der Waals surface area contributed by atoms with Crippen molar-refractivity contribution in [2.75, 3.05) is 0 Å². The van der Waals surface area contributed by atoms with E-state index in [9.17, 15) is 0 Å². The summed E-state index contributed by atoms with van der Waals surface area (Å²) in [4.78, 5) is 3.51. The lowest BCUT2D eigenvalue weighted by Crippen LogP contribution is -2.20. The van der Waals surface area contributed by atoms with Crippen LogP contribution in [0.3, 0.4) is 0 Å². The van der Waals surface area contributed by atoms with Gasteiger partial charge in [-0.1, -0.05) is 0 Å². The highest BCUT2D eigenvalue weighted by atomic mass is 14.9. The molecule has 6 heteroatoms. The van der Waals surface area contributed by atoms with Crippen LogP contribution in [0.5, 0.6) is 0 Å². The monoisotopic (exact) mass is 176 g/mol. The molecule has 0 aliphatic carbocycles. The SMILES string of the molecule is CC(=N)C(N)=NC(C#N)=C(N)C#N. The van der Waals surface area contributed by atoms with Gasteiger partial charge in [-0.05, 0) is 6.92 Å². The zero-order valence-electron chi connectivity index (χ0n) is 7.00. The number of allylic oxidation sites excluding steroid dienone is 2. The fraction of sp³-hybridized carbons (Fsp3) is 0.143. The van der Waals surface area contributed by atoms with Crippen LogP contribution in [0.2, 0.25) is 0 Å². The Labute approximate surface area is 75.3 Å². The van der Waals surface area contributed by atoms with Crippen molar-refractivity contribution in [3.05, 3.63) is 11.4 Å². The van der Waals surface area contributed by atoms with Crippen molar-refractivity contribution >= 4 is 11.5 Å². The predicted octanol–water partition coefficient (Wildman–Crippen LogP) is -0.399. The van der Waals surface area contributed by atoms with Crippen LogP contribution in [-0.2, 0) is 0 Å². The fourth-order valence-electron chi connectivity index (χ4n) is 0.403. The highest BCUT2D eigenvalue weighted by Crippen LogP contribution is 1.98. The van der Waals surface area contributed by atoms with Crippen LogP contribution in [-0.4, -0.2) is 11.5 Å². The van der Waals surface area contributed by atoms with E-state index in [0.717, 1.165) is 0 Å². The summed E-state index contributed by atoms with van der Waals surface area (Å²) in [6.07, 6.45) is 0. The number of nitrogens with one attached hydrogen (secondary N) is 1. The van der Waals surface area contributed by atoms with E-state index in [0.29, 0.717) is 0 Å². The molecular weight excluding hydrogens is 168 g/mol. The highest BCUT2D eigenvalue weighted by molar-refractivity contribution is 6.38. The molecule has 0 aromatic carbocycles. The van der Waals surface area contributed by atoms with Gasteiger partial charge in [-0.15, -0.1) is 0 Å². The van der Waals surface area contributed by atoms with Crippen LogP contribution in [0.4, 0.5) is 0 Å². The average Bonchev–Trinajstić information content (AvgIpc) is 2.12. The lowest BCUT2D eigenvalue weighted by atomic mass is 10.3. The molecule has 66 valence electrons. The summed E-state index contributed by atoms with van der Waals surface area (Å²) < 4.78 is 0. The Hall–Kier alpha value is -2.34. The van der Waals surface area contributed by atoms with Gasteiger partial charge >= 0.3 is 0 Å². The molecule has 0 radical (unpaired) electrons. The predicted molar refractivity (Wildman–Crippen MR) is 47.5 cm³/mol. The summed E-state index contributed by atoms with van der Waals surface area (Å²) in [5.74, 6) is -0.130. The second kappa shape index (κ2) is 4.52. The normalized spacial score (nSPS) is 12.4. The Kier molecular flexibility index (Phi) is 3.71. The molecule has 0 aliphatic rings. The Morgan fingerprint density at radius 1 is 1.31 bits per heavy atom. The molecule has 13 heavy (non-hydrogen) atoms. The van der Waals surface area contributed by atoms with Gasteiger partial charge in [-0.2, -0.15) is 10.5 Å². The molecule has 0 bridgehead atoms. The summed E-state index contributed by atoms with van der Waals surface area (Å²) in [5.41, 5.74) is 9.83. The maximum atomic E-state index is 8.49. The minimum absolute atomic E-state index is 0.0125. The fourth-order valence-corrected chi connectivity index (χ4v) is 0.403. The molecule has 0 spiro atoms. The molecule has 0 fully saturated rings. The number of aliphatic imine (C=N–C) groups is 1. The van der Waals surface area contributed by atoms with Gasteiger partial charge in [0.2, 0.25) is 0 Å². The standard InChI is InChI=1S/C7H8N6/c1-4(10)7(12)13-6(3-9)5(11)2-8/h10H,11H2,1H3,(H2,12,13). The van der Waals surface area contributed by atoms with E-state index in [-0.39, 0.29) is 22.9 Å². The van der Waals surface area contributed by atoms with Crippen LogP contribution in [0.15, 0.2) is 16.4 Å². The molecule has 0 aromatic heterocycles. The molecule has 0 saturated heterocycles. The first kappa shape index (κ1) is 10.7. The molecule has 0 rings (SSSR count). The number of rotatable bonds is 2. The Bertz CT molecular complexity index is 361. The van der Waals surface area contributed by atoms with Crippen molar-refractivity contribution in [2.24, 2.45) is 16.5 Å². The molecule has 0 aliphatic heterocycles. The van der Waals surface area contributed by atoms with E-state index >= 15 is 0 Å². The third-order valence-electron chi connectivity index (χ3n) is 1.10. The Morgan fingerprint density at radius 3 is 2.15 bits per heavy atom. The summed E-state index contributed by atoms with van der Waals surface area (Å²) in [5, 5.41) is 23.9. The average molecular weight is 176 g/mol. The van der Waals surface area contributed by atoms with E-state index in [2.05, 4.69) is 4.99 Å². The van der Waals surface area contributed by atoms with E-state index in [1.807, 2.05) is 0 Å². The molecule has 5 N–H and O–H groups in total. The van der Waals surface area contributed by atoms with Gasteiger partial charge in [0.15, 0.2) is 5.70 Å². The third kappa shape index (κ3) is 3.04. The Morgan fingerprint density at radius 2 is 1.85 bits per heavy atom. The second-order valence-electron chi connectivity index (χ2n) is 2.11. The van der Waals surface area contributed by atoms with Crippen LogP contribution in [0.25, 0.3) is 0 Å². The van der Waals surface area contributed by atoms with Gasteiger partial charge < -0.3 is 16.9 Å². The van der Waals surface area contributed by atoms with Crippen molar-refractivity contribution < 1.29 is 0 Å². The number of nitriles is 2. The molecular formula is C7H8N6. The van der Waals surface area contributed by atoms with Gasteiger partial charge in [-0.25, -0.2) is 4.99 Å². The van der Waals surface area contributed by atoms with Crippen molar-refractivity contribution in [3.63, 3.8) is 0 Å². The number of nitrogens with zero attached hydrogens (tertiary/aromatic N) is 3. The lowest BCUT2D eigenvalue weighted by molar-refractivity contribution is 1.26. The lowest BCUT2D eigenvalue weighted by Gasteiger charge is -1.95. The molecule has 0 unspecified atom stereocenters. The van der Waals surface area contributed by atoms with Gasteiger partial charge in [0.25, 0.3) is 0 Å². The third-order valence-corrected chi connectivity index (χ3v) is 1.10. The van der Waals surface area contributed by atoms with Crippen molar-refractivity contribution in [3.8, 4) is 12.1 Å². The van der Waals surface area contributed by atoms with Crippen LogP contribution in [0.1, 0.15) is 6.92 Å². The highest BCUT2D eigenvalue weighted by Gasteiger charge is 2.02. The number of nitrogens with two attached hydrogens (primary N) is 2. The van der Waals surface area contributed by atoms with E-state index < -0.39 is 0 Å². The molecule has 0 heterocycles. The zero-order chi connectivity index (χ0) is 10.4. The van der Waals surface area contributed by atoms with E-state index in [1.165, 1.54) is 6.92 Å².